The van der Waals surface area contributed by atoms with Crippen LogP contribution in [-0.4, -0.2) is 5.91 Å². The first-order chi connectivity index (χ1) is 9.51. The molecule has 0 aliphatic rings. The number of carbonyl (C=O) groups excluding carboxylic acids is 1. The molecule has 20 heavy (non-hydrogen) atoms. The van der Waals surface area contributed by atoms with Crippen molar-refractivity contribution in [1.29, 1.82) is 5.26 Å². The summed E-state index contributed by atoms with van der Waals surface area (Å²) in [5.74, 6) is -0.329. The smallest absolute Gasteiger partial charge is 0.257 e. The molecule has 0 fully saturated rings. The largest absolute Gasteiger partial charge is 0.398 e. The van der Waals surface area contributed by atoms with E-state index in [1.165, 1.54) is 0 Å². The van der Waals surface area contributed by atoms with E-state index in [0.717, 1.165) is 10.0 Å². The summed E-state index contributed by atoms with van der Waals surface area (Å²) in [6.07, 6.45) is 0. The minimum Gasteiger partial charge on any atom is -0.398 e. The van der Waals surface area contributed by atoms with E-state index in [0.29, 0.717) is 22.5 Å². The number of nitrogens with one attached hydrogen (secondary N) is 1. The lowest BCUT2D eigenvalue weighted by molar-refractivity contribution is 0.102. The number of nitrogen functional groups attached to an aromatic ring is 1. The maximum Gasteiger partial charge on any atom is 0.257 e. The van der Waals surface area contributed by atoms with Crippen LogP contribution in [-0.2, 0) is 0 Å². The van der Waals surface area contributed by atoms with Gasteiger partial charge in [-0.1, -0.05) is 27.6 Å². The van der Waals surface area contributed by atoms with Crippen molar-refractivity contribution in [2.45, 2.75) is 6.92 Å². The van der Waals surface area contributed by atoms with E-state index in [2.05, 4.69) is 21.2 Å². The first kappa shape index (κ1) is 14.1. The van der Waals surface area contributed by atoms with Gasteiger partial charge in [-0.05, 0) is 37.3 Å². The molecule has 0 heterocycles. The van der Waals surface area contributed by atoms with Gasteiger partial charge in [0.1, 0.15) is 6.07 Å². The van der Waals surface area contributed by atoms with Crippen molar-refractivity contribution in [3.8, 4) is 6.07 Å². The van der Waals surface area contributed by atoms with Crippen LogP contribution in [0, 0.1) is 18.3 Å². The molecule has 100 valence electrons. The second-order valence-electron chi connectivity index (χ2n) is 4.35. The highest BCUT2D eigenvalue weighted by molar-refractivity contribution is 9.10. The molecule has 0 saturated heterocycles. The molecule has 0 aliphatic heterocycles. The number of nitriles is 1. The Bertz CT molecular complexity index is 720. The summed E-state index contributed by atoms with van der Waals surface area (Å²) in [4.78, 5) is 12.2. The molecule has 0 spiro atoms. The molecule has 0 aliphatic carbocycles. The molecule has 0 unspecified atom stereocenters. The Morgan fingerprint density at radius 2 is 2.05 bits per heavy atom. The van der Waals surface area contributed by atoms with E-state index in [9.17, 15) is 4.79 Å². The monoisotopic (exact) mass is 329 g/mol. The molecule has 3 N–H and O–H groups in total. The third-order valence-electron chi connectivity index (χ3n) is 2.80. The summed E-state index contributed by atoms with van der Waals surface area (Å²) in [6.45, 7) is 1.89. The van der Waals surface area contributed by atoms with Crippen molar-refractivity contribution in [2.75, 3.05) is 11.1 Å². The molecular weight excluding hydrogens is 318 g/mol. The van der Waals surface area contributed by atoms with Crippen molar-refractivity contribution in [3.05, 3.63) is 57.6 Å². The first-order valence-corrected chi connectivity index (χ1v) is 6.67. The number of aryl methyl sites for hydroxylation is 1. The number of hydrogen-bond acceptors (Lipinski definition) is 3. The van der Waals surface area contributed by atoms with Crippen LogP contribution in [0.25, 0.3) is 0 Å². The van der Waals surface area contributed by atoms with E-state index >= 15 is 0 Å². The van der Waals surface area contributed by atoms with Crippen molar-refractivity contribution >= 4 is 33.2 Å². The molecule has 0 saturated carbocycles. The lowest BCUT2D eigenvalue weighted by Crippen LogP contribution is -2.15. The van der Waals surface area contributed by atoms with Gasteiger partial charge in [0.25, 0.3) is 5.91 Å². The van der Waals surface area contributed by atoms with Crippen LogP contribution in [0.2, 0.25) is 0 Å². The van der Waals surface area contributed by atoms with Crippen molar-refractivity contribution in [1.82, 2.24) is 0 Å². The van der Waals surface area contributed by atoms with E-state index < -0.39 is 0 Å². The van der Waals surface area contributed by atoms with Crippen LogP contribution in [0.15, 0.2) is 40.9 Å². The molecule has 0 aromatic heterocycles. The lowest BCUT2D eigenvalue weighted by Gasteiger charge is -2.10. The van der Waals surface area contributed by atoms with Crippen LogP contribution in [0.5, 0.6) is 0 Å². The molecule has 2 aromatic carbocycles. The Morgan fingerprint density at radius 1 is 1.30 bits per heavy atom. The third-order valence-corrected chi connectivity index (χ3v) is 3.30. The number of halogens is 1. The van der Waals surface area contributed by atoms with Crippen LogP contribution in [0.1, 0.15) is 21.5 Å². The zero-order valence-corrected chi connectivity index (χ0v) is 12.4. The maximum atomic E-state index is 12.2. The summed E-state index contributed by atoms with van der Waals surface area (Å²) in [7, 11) is 0. The zero-order chi connectivity index (χ0) is 14.7. The molecule has 0 atom stereocenters. The van der Waals surface area contributed by atoms with E-state index in [-0.39, 0.29) is 5.91 Å². The standard InChI is InChI=1S/C15H12BrN3O/c1-9-2-4-13(18)12(6-9)15(20)19-14-5-3-11(16)7-10(14)8-17/h2-7H,18H2,1H3,(H,19,20). The topological polar surface area (TPSA) is 78.9 Å². The Balaban J connectivity index is 2.33. The van der Waals surface area contributed by atoms with Gasteiger partial charge in [0.15, 0.2) is 0 Å². The molecule has 2 aromatic rings. The number of carbonyl (C=O) groups is 1. The molecule has 0 bridgehead atoms. The molecule has 0 radical (unpaired) electrons. The van der Waals surface area contributed by atoms with Crippen molar-refractivity contribution < 1.29 is 4.79 Å². The fraction of sp³-hybridized carbons (Fsp3) is 0.0667. The number of nitrogens with two attached hydrogens (primary N) is 1. The van der Waals surface area contributed by atoms with Gasteiger partial charge in [0.05, 0.1) is 16.8 Å². The number of benzene rings is 2. The molecule has 1 amide bonds. The maximum absolute atomic E-state index is 12.2. The quantitative estimate of drug-likeness (QED) is 0.828. The van der Waals surface area contributed by atoms with Gasteiger partial charge in [-0.3, -0.25) is 4.79 Å². The number of rotatable bonds is 2. The predicted octanol–water partition coefficient (Wildman–Crippen LogP) is 3.46. The summed E-state index contributed by atoms with van der Waals surface area (Å²) in [6, 6.07) is 12.4. The summed E-state index contributed by atoms with van der Waals surface area (Å²) >= 11 is 3.29. The second kappa shape index (κ2) is 5.76. The minimum absolute atomic E-state index is 0.329. The summed E-state index contributed by atoms with van der Waals surface area (Å²) in [5.41, 5.74) is 8.40. The minimum atomic E-state index is -0.329. The summed E-state index contributed by atoms with van der Waals surface area (Å²) in [5, 5.41) is 11.8. The molecule has 2 rings (SSSR count). The average Bonchev–Trinajstić information content (AvgIpc) is 2.43. The Hall–Kier alpha value is -2.32. The number of hydrogen-bond donors (Lipinski definition) is 2. The van der Waals surface area contributed by atoms with Crippen LogP contribution in [0.3, 0.4) is 0 Å². The van der Waals surface area contributed by atoms with Crippen LogP contribution in [0.4, 0.5) is 11.4 Å². The fourth-order valence-corrected chi connectivity index (χ4v) is 2.14. The van der Waals surface area contributed by atoms with E-state index in [1.54, 1.807) is 30.3 Å². The van der Waals surface area contributed by atoms with Crippen molar-refractivity contribution in [2.24, 2.45) is 0 Å². The normalized spacial score (nSPS) is 9.85. The van der Waals surface area contributed by atoms with Gasteiger partial charge in [0.2, 0.25) is 0 Å². The van der Waals surface area contributed by atoms with E-state index in [1.807, 2.05) is 19.1 Å². The Labute approximate surface area is 125 Å². The third kappa shape index (κ3) is 2.98. The zero-order valence-electron chi connectivity index (χ0n) is 10.8. The van der Waals surface area contributed by atoms with Crippen LogP contribution >= 0.6 is 15.9 Å². The molecule has 5 heteroatoms. The Kier molecular flexibility index (Phi) is 4.06. The summed E-state index contributed by atoms with van der Waals surface area (Å²) < 4.78 is 0.780. The van der Waals surface area contributed by atoms with Crippen LogP contribution < -0.4 is 11.1 Å². The van der Waals surface area contributed by atoms with Crippen molar-refractivity contribution in [3.63, 3.8) is 0 Å². The highest BCUT2D eigenvalue weighted by Gasteiger charge is 2.12. The SMILES string of the molecule is Cc1ccc(N)c(C(=O)Nc2ccc(Br)cc2C#N)c1. The number of anilines is 2. The van der Waals surface area contributed by atoms with E-state index in [4.69, 9.17) is 11.0 Å². The van der Waals surface area contributed by atoms with Gasteiger partial charge in [-0.2, -0.15) is 5.26 Å². The van der Waals surface area contributed by atoms with Gasteiger partial charge in [-0.15, -0.1) is 0 Å². The average molecular weight is 330 g/mol. The van der Waals surface area contributed by atoms with Gasteiger partial charge in [0, 0.05) is 10.2 Å². The number of amides is 1. The molecule has 4 nitrogen and oxygen atoms in total. The van der Waals surface area contributed by atoms with Gasteiger partial charge >= 0.3 is 0 Å². The fourth-order valence-electron chi connectivity index (χ4n) is 1.77. The highest BCUT2D eigenvalue weighted by atomic mass is 79.9. The first-order valence-electron chi connectivity index (χ1n) is 5.88. The van der Waals surface area contributed by atoms with Gasteiger partial charge < -0.3 is 11.1 Å². The molecular formula is C15H12BrN3O. The number of nitrogens with zero attached hydrogens (tertiary/aromatic N) is 1. The highest BCUT2D eigenvalue weighted by Crippen LogP contribution is 2.22. The van der Waals surface area contributed by atoms with Gasteiger partial charge in [-0.25, -0.2) is 0 Å². The lowest BCUT2D eigenvalue weighted by atomic mass is 10.1. The Morgan fingerprint density at radius 3 is 2.75 bits per heavy atom. The predicted molar refractivity (Wildman–Crippen MR) is 82.4 cm³/mol. The second-order valence-corrected chi connectivity index (χ2v) is 5.26.